The summed E-state index contributed by atoms with van der Waals surface area (Å²) in [6, 6.07) is 7.84. The Hall–Kier alpha value is -3.34. The number of amides is 3. The molecule has 31 heavy (non-hydrogen) atoms. The minimum Gasteiger partial charge on any atom is -0.435 e. The molecule has 0 radical (unpaired) electrons. The standard InChI is InChI=1S/C20H14F4N2O4S/c21-13-8-12(9-14(22)10-13)17(27)25-5-6-26-18(28)16(31-20(26)29)7-11-1-3-15(4-2-11)30-19(23)24/h1-4,7-10,19H,5-6H2,(H,25,27)/b16-7-. The molecule has 1 saturated heterocycles. The Balaban J connectivity index is 1.58. The zero-order chi connectivity index (χ0) is 22.5. The van der Waals surface area contributed by atoms with Crippen molar-refractivity contribution in [3.63, 3.8) is 0 Å². The lowest BCUT2D eigenvalue weighted by Gasteiger charge is -2.13. The van der Waals surface area contributed by atoms with Crippen LogP contribution in [0.2, 0.25) is 0 Å². The highest BCUT2D eigenvalue weighted by molar-refractivity contribution is 8.18. The van der Waals surface area contributed by atoms with E-state index in [-0.39, 0.29) is 29.3 Å². The molecule has 0 saturated carbocycles. The van der Waals surface area contributed by atoms with Gasteiger partial charge in [0.05, 0.1) is 4.91 Å². The van der Waals surface area contributed by atoms with E-state index < -0.39 is 35.3 Å². The van der Waals surface area contributed by atoms with Crippen LogP contribution in [-0.2, 0) is 4.79 Å². The van der Waals surface area contributed by atoms with Gasteiger partial charge in [-0.05, 0) is 47.7 Å². The number of alkyl halides is 2. The Labute approximate surface area is 177 Å². The number of nitrogens with one attached hydrogen (secondary N) is 1. The Morgan fingerprint density at radius 1 is 1.10 bits per heavy atom. The van der Waals surface area contributed by atoms with Gasteiger partial charge in [-0.15, -0.1) is 0 Å². The summed E-state index contributed by atoms with van der Waals surface area (Å²) in [6.07, 6.45) is 1.42. The molecule has 162 valence electrons. The Bertz CT molecular complexity index is 1020. The van der Waals surface area contributed by atoms with E-state index in [9.17, 15) is 31.9 Å². The molecule has 1 fully saturated rings. The fourth-order valence-corrected chi connectivity index (χ4v) is 3.52. The molecule has 2 aromatic rings. The number of benzene rings is 2. The molecule has 3 rings (SSSR count). The van der Waals surface area contributed by atoms with Crippen molar-refractivity contribution in [2.75, 3.05) is 13.1 Å². The largest absolute Gasteiger partial charge is 0.435 e. The van der Waals surface area contributed by atoms with Crippen molar-refractivity contribution in [3.8, 4) is 5.75 Å². The summed E-state index contributed by atoms with van der Waals surface area (Å²) < 4.78 is 55.0. The molecular weight excluding hydrogens is 440 g/mol. The van der Waals surface area contributed by atoms with Crippen LogP contribution >= 0.6 is 11.8 Å². The van der Waals surface area contributed by atoms with Gasteiger partial charge in [-0.25, -0.2) is 8.78 Å². The van der Waals surface area contributed by atoms with E-state index in [1.165, 1.54) is 30.3 Å². The van der Waals surface area contributed by atoms with Crippen molar-refractivity contribution >= 4 is 34.9 Å². The van der Waals surface area contributed by atoms with Gasteiger partial charge in [-0.2, -0.15) is 8.78 Å². The lowest BCUT2D eigenvalue weighted by molar-refractivity contribution is -0.122. The number of carbonyl (C=O) groups is 3. The zero-order valence-electron chi connectivity index (χ0n) is 15.6. The molecule has 1 N–H and O–H groups in total. The third-order valence-corrected chi connectivity index (χ3v) is 4.93. The summed E-state index contributed by atoms with van der Waals surface area (Å²) in [5, 5.41) is 1.83. The monoisotopic (exact) mass is 454 g/mol. The van der Waals surface area contributed by atoms with Gasteiger partial charge in [0.25, 0.3) is 17.1 Å². The summed E-state index contributed by atoms with van der Waals surface area (Å²) in [4.78, 5) is 37.6. The van der Waals surface area contributed by atoms with Gasteiger partial charge >= 0.3 is 6.61 Å². The molecule has 1 heterocycles. The molecule has 2 aromatic carbocycles. The first-order valence-electron chi connectivity index (χ1n) is 8.77. The van der Waals surface area contributed by atoms with Crippen molar-refractivity contribution in [2.24, 2.45) is 0 Å². The molecule has 6 nitrogen and oxygen atoms in total. The fraction of sp³-hybridized carbons (Fsp3) is 0.150. The SMILES string of the molecule is O=C(NCCN1C(=O)S/C(=C\c2ccc(OC(F)F)cc2)C1=O)c1cc(F)cc(F)c1. The lowest BCUT2D eigenvalue weighted by atomic mass is 10.2. The quantitative estimate of drug-likeness (QED) is 0.505. The van der Waals surface area contributed by atoms with E-state index in [1.807, 2.05) is 0 Å². The minimum atomic E-state index is -2.96. The predicted octanol–water partition coefficient (Wildman–Crippen LogP) is 4.03. The maximum absolute atomic E-state index is 13.2. The third-order valence-electron chi connectivity index (χ3n) is 4.02. The van der Waals surface area contributed by atoms with E-state index in [0.717, 1.165) is 17.0 Å². The number of halogens is 4. The first kappa shape index (κ1) is 22.3. The number of carbonyl (C=O) groups excluding carboxylic acids is 3. The first-order valence-corrected chi connectivity index (χ1v) is 9.59. The molecule has 3 amide bonds. The van der Waals surface area contributed by atoms with Gasteiger partial charge in [-0.3, -0.25) is 19.3 Å². The molecule has 1 aliphatic rings. The van der Waals surface area contributed by atoms with Crippen molar-refractivity contribution in [2.45, 2.75) is 6.61 Å². The molecule has 0 unspecified atom stereocenters. The number of hydrogen-bond acceptors (Lipinski definition) is 5. The molecular formula is C20H14F4N2O4S. The third kappa shape index (κ3) is 5.85. The van der Waals surface area contributed by atoms with E-state index in [1.54, 1.807) is 0 Å². The van der Waals surface area contributed by atoms with E-state index in [0.29, 0.717) is 23.4 Å². The summed E-state index contributed by atoms with van der Waals surface area (Å²) in [6.45, 7) is -3.22. The maximum atomic E-state index is 13.2. The van der Waals surface area contributed by atoms with Crippen molar-refractivity contribution < 1.29 is 36.7 Å². The second-order valence-corrected chi connectivity index (χ2v) is 7.19. The van der Waals surface area contributed by atoms with Crippen LogP contribution in [0.1, 0.15) is 15.9 Å². The van der Waals surface area contributed by atoms with E-state index in [4.69, 9.17) is 0 Å². The minimum absolute atomic E-state index is 0.0471. The van der Waals surface area contributed by atoms with E-state index in [2.05, 4.69) is 10.1 Å². The normalized spacial score (nSPS) is 15.1. The Kier molecular flexibility index (Phi) is 6.95. The number of nitrogens with zero attached hydrogens (tertiary/aromatic N) is 1. The predicted molar refractivity (Wildman–Crippen MR) is 104 cm³/mol. The van der Waals surface area contributed by atoms with Gasteiger partial charge < -0.3 is 10.1 Å². The molecule has 11 heteroatoms. The number of thioether (sulfide) groups is 1. The average molecular weight is 454 g/mol. The van der Waals surface area contributed by atoms with Crippen LogP contribution in [-0.4, -0.2) is 41.7 Å². The number of ether oxygens (including phenoxy) is 1. The second kappa shape index (κ2) is 9.65. The summed E-state index contributed by atoms with van der Waals surface area (Å²) in [5.41, 5.74) is 0.263. The van der Waals surface area contributed by atoms with Gasteiger partial charge in [0.15, 0.2) is 0 Å². The summed E-state index contributed by atoms with van der Waals surface area (Å²) in [5.74, 6) is -3.21. The number of hydrogen-bond donors (Lipinski definition) is 1. The molecule has 0 aromatic heterocycles. The first-order chi connectivity index (χ1) is 14.7. The average Bonchev–Trinajstić information content (AvgIpc) is 2.95. The van der Waals surface area contributed by atoms with Gasteiger partial charge in [0.1, 0.15) is 17.4 Å². The van der Waals surface area contributed by atoms with Crippen molar-refractivity contribution in [1.82, 2.24) is 10.2 Å². The molecule has 1 aliphatic heterocycles. The number of rotatable bonds is 7. The summed E-state index contributed by atoms with van der Waals surface area (Å²) in [7, 11) is 0. The second-order valence-electron chi connectivity index (χ2n) is 6.19. The van der Waals surface area contributed by atoms with Crippen LogP contribution in [0.25, 0.3) is 6.08 Å². The van der Waals surface area contributed by atoms with Crippen LogP contribution in [0, 0.1) is 11.6 Å². The van der Waals surface area contributed by atoms with Gasteiger partial charge in [0, 0.05) is 24.7 Å². The van der Waals surface area contributed by atoms with Gasteiger partial charge in [0.2, 0.25) is 0 Å². The molecule has 0 spiro atoms. The van der Waals surface area contributed by atoms with Crippen molar-refractivity contribution in [3.05, 3.63) is 70.1 Å². The Morgan fingerprint density at radius 2 is 1.74 bits per heavy atom. The highest BCUT2D eigenvalue weighted by Crippen LogP contribution is 2.32. The van der Waals surface area contributed by atoms with Crippen LogP contribution in [0.15, 0.2) is 47.4 Å². The van der Waals surface area contributed by atoms with Gasteiger partial charge in [-0.1, -0.05) is 12.1 Å². The Morgan fingerprint density at radius 3 is 2.35 bits per heavy atom. The zero-order valence-corrected chi connectivity index (χ0v) is 16.4. The topological polar surface area (TPSA) is 75.7 Å². The molecule has 0 atom stereocenters. The maximum Gasteiger partial charge on any atom is 0.387 e. The summed E-state index contributed by atoms with van der Waals surface area (Å²) >= 11 is 0.686. The van der Waals surface area contributed by atoms with Crippen LogP contribution in [0.4, 0.5) is 22.4 Å². The smallest absolute Gasteiger partial charge is 0.387 e. The highest BCUT2D eigenvalue weighted by Gasteiger charge is 2.34. The van der Waals surface area contributed by atoms with Crippen LogP contribution in [0.5, 0.6) is 5.75 Å². The molecule has 0 bridgehead atoms. The highest BCUT2D eigenvalue weighted by atomic mass is 32.2. The van der Waals surface area contributed by atoms with Crippen LogP contribution in [0.3, 0.4) is 0 Å². The lowest BCUT2D eigenvalue weighted by Crippen LogP contribution is -2.37. The van der Waals surface area contributed by atoms with E-state index >= 15 is 0 Å². The fourth-order valence-electron chi connectivity index (χ4n) is 2.66. The molecule has 0 aliphatic carbocycles. The number of imide groups is 1. The van der Waals surface area contributed by atoms with Crippen molar-refractivity contribution in [1.29, 1.82) is 0 Å². The van der Waals surface area contributed by atoms with Crippen LogP contribution < -0.4 is 10.1 Å².